The molecular formula is C22H36I3NO3. The number of esters is 1. The van der Waals surface area contributed by atoms with Crippen LogP contribution in [-0.2, 0) is 4.74 Å². The fourth-order valence-electron chi connectivity index (χ4n) is 2.24. The van der Waals surface area contributed by atoms with E-state index >= 15 is 0 Å². The van der Waals surface area contributed by atoms with E-state index in [1.165, 1.54) is 13.3 Å². The Labute approximate surface area is 218 Å². The zero-order chi connectivity index (χ0) is 22.7. The molecule has 1 aromatic heterocycles. The van der Waals surface area contributed by atoms with Crippen molar-refractivity contribution < 1.29 is 13.9 Å². The molecule has 1 heterocycles. The molecule has 0 atom stereocenters. The number of nitrogens with zero attached hydrogens (tertiary/aromatic N) is 1. The third kappa shape index (κ3) is 14.1. The van der Waals surface area contributed by atoms with Gasteiger partial charge in [-0.3, -0.25) is 0 Å². The topological polar surface area (TPSA) is 42.7 Å². The highest BCUT2D eigenvalue weighted by Crippen LogP contribution is 2.25. The Kier molecular flexibility index (Phi) is 23.5. The molecule has 0 aliphatic carbocycles. The van der Waals surface area contributed by atoms with Crippen LogP contribution < -0.4 is 0 Å². The molecule has 2 rings (SSSR count). The van der Waals surface area contributed by atoms with E-state index in [0.29, 0.717) is 12.4 Å². The second-order valence-electron chi connectivity index (χ2n) is 5.52. The average molecular weight is 743 g/mol. The number of ether oxygens (including phenoxy) is 1. The number of rotatable bonds is 6. The first-order chi connectivity index (χ1) is 13.9. The molecule has 4 nitrogen and oxygen atoms in total. The maximum Gasteiger partial charge on any atom is 0.374 e. The summed E-state index contributed by atoms with van der Waals surface area (Å²) in [6, 6.07) is 7.62. The van der Waals surface area contributed by atoms with Gasteiger partial charge in [0, 0.05) is 17.5 Å². The van der Waals surface area contributed by atoms with Crippen LogP contribution in [0.4, 0.5) is 0 Å². The van der Waals surface area contributed by atoms with Crippen molar-refractivity contribution in [1.82, 2.24) is 4.90 Å². The molecule has 0 saturated heterocycles. The average Bonchev–Trinajstić information content (AvgIpc) is 3.04. The summed E-state index contributed by atoms with van der Waals surface area (Å²) in [7, 11) is 0. The lowest BCUT2D eigenvalue weighted by molar-refractivity contribution is 0.0432. The number of likely N-dealkylation sites (N-methyl/N-ethyl adjacent to an activating group) is 1. The molecule has 1 aromatic carbocycles. The second-order valence-corrected chi connectivity index (χ2v) is 10.1. The Morgan fingerprint density at radius 1 is 0.966 bits per heavy atom. The first kappa shape index (κ1) is 31.6. The number of hydrogen-bond acceptors (Lipinski definition) is 4. The van der Waals surface area contributed by atoms with E-state index in [0.717, 1.165) is 36.2 Å². The minimum Gasteiger partial charge on any atom is -0.458 e. The number of furan rings is 1. The molecule has 0 fully saturated rings. The molecule has 0 aliphatic rings. The van der Waals surface area contributed by atoms with Crippen molar-refractivity contribution in [1.29, 1.82) is 0 Å². The second kappa shape index (κ2) is 21.6. The van der Waals surface area contributed by atoms with E-state index in [4.69, 9.17) is 9.15 Å². The van der Waals surface area contributed by atoms with Crippen molar-refractivity contribution in [2.24, 2.45) is 0 Å². The maximum absolute atomic E-state index is 12.1. The zero-order valence-corrected chi connectivity index (χ0v) is 25.0. The number of alkyl halides is 3. The summed E-state index contributed by atoms with van der Waals surface area (Å²) >= 11 is 6.86. The molecule has 7 heteroatoms. The van der Waals surface area contributed by atoms with Gasteiger partial charge in [-0.25, -0.2) is 4.79 Å². The Balaban J connectivity index is 0. The molecule has 0 amide bonds. The third-order valence-electron chi connectivity index (χ3n) is 3.56. The van der Waals surface area contributed by atoms with E-state index < -0.39 is 0 Å². The number of para-hydroxylation sites is 1. The van der Waals surface area contributed by atoms with Crippen molar-refractivity contribution >= 4 is 84.7 Å². The molecule has 0 aliphatic heterocycles. The minimum absolute atomic E-state index is 0.311. The highest BCUT2D eigenvalue weighted by Gasteiger charge is 2.18. The summed E-state index contributed by atoms with van der Waals surface area (Å²) < 4.78 is 14.5. The van der Waals surface area contributed by atoms with Gasteiger partial charge in [0.2, 0.25) is 5.76 Å². The van der Waals surface area contributed by atoms with Gasteiger partial charge in [-0.05, 0) is 39.4 Å². The van der Waals surface area contributed by atoms with Crippen molar-refractivity contribution in [3.8, 4) is 0 Å². The molecule has 29 heavy (non-hydrogen) atoms. The Bertz CT molecular complexity index is 639. The van der Waals surface area contributed by atoms with Crippen LogP contribution in [0.3, 0.4) is 0 Å². The number of benzene rings is 1. The summed E-state index contributed by atoms with van der Waals surface area (Å²) in [6.45, 7) is 15.4. The van der Waals surface area contributed by atoms with E-state index in [1.807, 2.05) is 31.2 Å². The largest absolute Gasteiger partial charge is 0.458 e. The molecule has 0 spiro atoms. The number of halogens is 3. The van der Waals surface area contributed by atoms with Gasteiger partial charge in [-0.1, -0.05) is 121 Å². The minimum atomic E-state index is -0.383. The highest BCUT2D eigenvalue weighted by molar-refractivity contribution is 14.1. The van der Waals surface area contributed by atoms with Gasteiger partial charge in [0.05, 0.1) is 0 Å². The molecule has 168 valence electrons. The van der Waals surface area contributed by atoms with Crippen molar-refractivity contribution in [3.05, 3.63) is 35.6 Å². The fourth-order valence-corrected chi connectivity index (χ4v) is 2.24. The predicted octanol–water partition coefficient (Wildman–Crippen LogP) is 7.56. The lowest BCUT2D eigenvalue weighted by atomic mass is 10.1. The van der Waals surface area contributed by atoms with Crippen LogP contribution in [-0.4, -0.2) is 50.4 Å². The SMILES string of the molecule is CCI.CCI.CCI.CCN(CC)CCOC(=O)c1oc2ccccc2c1C. The predicted molar refractivity (Wildman–Crippen MR) is 153 cm³/mol. The highest BCUT2D eigenvalue weighted by atomic mass is 127. The van der Waals surface area contributed by atoms with E-state index in [1.54, 1.807) is 0 Å². The van der Waals surface area contributed by atoms with Crippen LogP contribution in [0.5, 0.6) is 0 Å². The number of fused-ring (bicyclic) bond motifs is 1. The van der Waals surface area contributed by atoms with Crippen molar-refractivity contribution in [3.63, 3.8) is 0 Å². The lowest BCUT2D eigenvalue weighted by Gasteiger charge is -2.17. The van der Waals surface area contributed by atoms with Crippen LogP contribution in [0.1, 0.15) is 50.7 Å². The van der Waals surface area contributed by atoms with Crippen molar-refractivity contribution in [2.45, 2.75) is 41.5 Å². The smallest absolute Gasteiger partial charge is 0.374 e. The molecule has 2 aromatic rings. The molecule has 0 bridgehead atoms. The molecule has 0 N–H and O–H groups in total. The van der Waals surface area contributed by atoms with Crippen LogP contribution in [0.15, 0.2) is 28.7 Å². The van der Waals surface area contributed by atoms with Gasteiger partial charge in [0.15, 0.2) is 0 Å². The van der Waals surface area contributed by atoms with Crippen molar-refractivity contribution in [2.75, 3.05) is 39.5 Å². The Morgan fingerprint density at radius 3 is 1.90 bits per heavy atom. The zero-order valence-electron chi connectivity index (χ0n) is 18.6. The Morgan fingerprint density at radius 2 is 1.45 bits per heavy atom. The van der Waals surface area contributed by atoms with Crippen LogP contribution >= 0.6 is 67.8 Å². The Hall–Kier alpha value is 0.380. The monoisotopic (exact) mass is 743 g/mol. The van der Waals surface area contributed by atoms with Gasteiger partial charge in [-0.15, -0.1) is 0 Å². The van der Waals surface area contributed by atoms with Gasteiger partial charge in [-0.2, -0.15) is 0 Å². The van der Waals surface area contributed by atoms with Gasteiger partial charge >= 0.3 is 5.97 Å². The summed E-state index contributed by atoms with van der Waals surface area (Å²) in [5.41, 5.74) is 1.56. The quantitative estimate of drug-likeness (QED) is 0.174. The van der Waals surface area contributed by atoms with Crippen LogP contribution in [0.2, 0.25) is 0 Å². The number of aryl methyl sites for hydroxylation is 1. The van der Waals surface area contributed by atoms with Crippen LogP contribution in [0.25, 0.3) is 11.0 Å². The number of carbonyl (C=O) groups is 1. The maximum atomic E-state index is 12.1. The lowest BCUT2D eigenvalue weighted by Crippen LogP contribution is -2.27. The van der Waals surface area contributed by atoms with E-state index in [-0.39, 0.29) is 5.97 Å². The first-order valence-corrected chi connectivity index (χ1v) is 14.5. The van der Waals surface area contributed by atoms with Gasteiger partial charge in [0.25, 0.3) is 0 Å². The number of carbonyl (C=O) groups excluding carboxylic acids is 1. The molecule has 0 radical (unpaired) electrons. The third-order valence-corrected chi connectivity index (χ3v) is 3.56. The molecule has 0 saturated carbocycles. The van der Waals surface area contributed by atoms with Gasteiger partial charge < -0.3 is 14.1 Å². The molecule has 0 unspecified atom stereocenters. The van der Waals surface area contributed by atoms with Gasteiger partial charge in [0.1, 0.15) is 12.2 Å². The summed E-state index contributed by atoms with van der Waals surface area (Å²) in [4.78, 5) is 14.3. The van der Waals surface area contributed by atoms with Crippen LogP contribution in [0, 0.1) is 6.92 Å². The fraction of sp³-hybridized carbons (Fsp3) is 0.591. The normalized spacial score (nSPS) is 9.59. The standard InChI is InChI=1S/C16H21NO3.3C2H5I/c1-4-17(5-2)10-11-19-16(18)15-12(3)13-8-6-7-9-14(13)20-15;3*1-2-3/h6-9H,4-5,10-11H2,1-3H3;3*2H2,1H3. The van der Waals surface area contributed by atoms with E-state index in [9.17, 15) is 4.79 Å². The first-order valence-electron chi connectivity index (χ1n) is 9.97. The molecular weight excluding hydrogens is 707 g/mol. The summed E-state index contributed by atoms with van der Waals surface area (Å²) in [5.74, 6) is -0.0726. The summed E-state index contributed by atoms with van der Waals surface area (Å²) in [6.07, 6.45) is 0. The number of hydrogen-bond donors (Lipinski definition) is 0. The van der Waals surface area contributed by atoms with E-state index in [2.05, 4.69) is 107 Å². The summed E-state index contributed by atoms with van der Waals surface area (Å²) in [5, 5.41) is 0.961.